The number of carbonyl (C=O) groups is 1. The topological polar surface area (TPSA) is 50.4 Å². The van der Waals surface area contributed by atoms with Gasteiger partial charge in [-0.25, -0.2) is 0 Å². The summed E-state index contributed by atoms with van der Waals surface area (Å²) in [4.78, 5) is 11.9. The molecule has 21 heavy (non-hydrogen) atoms. The number of carbonyl (C=O) groups excluding carboxylic acids is 1. The molecule has 1 aromatic carbocycles. The van der Waals surface area contributed by atoms with Gasteiger partial charge >= 0.3 is 0 Å². The van der Waals surface area contributed by atoms with Crippen LogP contribution < -0.4 is 15.4 Å². The number of benzene rings is 1. The van der Waals surface area contributed by atoms with Gasteiger partial charge in [0.1, 0.15) is 11.4 Å². The highest BCUT2D eigenvalue weighted by Crippen LogP contribution is 2.37. The smallest absolute Gasteiger partial charge is 0.237 e. The molecule has 4 nitrogen and oxygen atoms in total. The second kappa shape index (κ2) is 5.34. The summed E-state index contributed by atoms with van der Waals surface area (Å²) < 4.78 is 6.05. The van der Waals surface area contributed by atoms with Crippen molar-refractivity contribution in [3.05, 3.63) is 29.3 Å². The van der Waals surface area contributed by atoms with Crippen molar-refractivity contribution in [2.45, 2.75) is 64.3 Å². The lowest BCUT2D eigenvalue weighted by Gasteiger charge is -2.19. The fourth-order valence-corrected chi connectivity index (χ4v) is 2.73. The number of fused-ring (bicyclic) bond motifs is 1. The van der Waals surface area contributed by atoms with Crippen LogP contribution in [0.25, 0.3) is 0 Å². The molecule has 1 aromatic rings. The van der Waals surface area contributed by atoms with Crippen LogP contribution in [0.1, 0.15) is 44.7 Å². The molecule has 0 saturated heterocycles. The highest BCUT2D eigenvalue weighted by Gasteiger charge is 2.31. The molecule has 4 heteroatoms. The maximum Gasteiger partial charge on any atom is 0.237 e. The Kier molecular flexibility index (Phi) is 3.66. The van der Waals surface area contributed by atoms with Crippen molar-refractivity contribution in [3.63, 3.8) is 0 Å². The monoisotopic (exact) mass is 288 g/mol. The van der Waals surface area contributed by atoms with Crippen LogP contribution in [0.15, 0.2) is 18.2 Å². The molecule has 2 aliphatic rings. The van der Waals surface area contributed by atoms with Gasteiger partial charge in [0.15, 0.2) is 0 Å². The average molecular weight is 288 g/mol. The molecule has 3 rings (SSSR count). The largest absolute Gasteiger partial charge is 0.487 e. The lowest BCUT2D eigenvalue weighted by molar-refractivity contribution is -0.122. The van der Waals surface area contributed by atoms with E-state index < -0.39 is 0 Å². The Bertz CT molecular complexity index is 550. The van der Waals surface area contributed by atoms with E-state index in [9.17, 15) is 4.79 Å². The molecule has 1 heterocycles. The summed E-state index contributed by atoms with van der Waals surface area (Å²) in [5.74, 6) is 1.08. The Morgan fingerprint density at radius 1 is 1.43 bits per heavy atom. The summed E-state index contributed by atoms with van der Waals surface area (Å²) in [6.45, 7) is 6.77. The Balaban J connectivity index is 1.61. The van der Waals surface area contributed by atoms with Gasteiger partial charge in [0.25, 0.3) is 0 Å². The SMILES string of the molecule is CC(NCc1cccc2c1OC(C)(C)C2)C(=O)NC1CC1. The van der Waals surface area contributed by atoms with Crippen LogP contribution in [0.4, 0.5) is 0 Å². The summed E-state index contributed by atoms with van der Waals surface area (Å²) in [7, 11) is 0. The van der Waals surface area contributed by atoms with Crippen molar-refractivity contribution >= 4 is 5.91 Å². The predicted octanol–water partition coefficient (Wildman–Crippen LogP) is 2.16. The second-order valence-corrected chi connectivity index (χ2v) is 6.83. The van der Waals surface area contributed by atoms with Gasteiger partial charge in [0, 0.05) is 24.6 Å². The van der Waals surface area contributed by atoms with Crippen molar-refractivity contribution in [3.8, 4) is 5.75 Å². The van der Waals surface area contributed by atoms with Gasteiger partial charge in [0.2, 0.25) is 5.91 Å². The minimum Gasteiger partial charge on any atom is -0.487 e. The quantitative estimate of drug-likeness (QED) is 0.873. The van der Waals surface area contributed by atoms with Crippen molar-refractivity contribution < 1.29 is 9.53 Å². The van der Waals surface area contributed by atoms with Gasteiger partial charge in [0.05, 0.1) is 6.04 Å². The van der Waals surface area contributed by atoms with Crippen molar-refractivity contribution in [2.75, 3.05) is 0 Å². The van der Waals surface area contributed by atoms with Gasteiger partial charge in [-0.05, 0) is 39.2 Å². The van der Waals surface area contributed by atoms with Crippen LogP contribution in [0.2, 0.25) is 0 Å². The Labute approximate surface area is 126 Å². The second-order valence-electron chi connectivity index (χ2n) is 6.83. The van der Waals surface area contributed by atoms with Crippen LogP contribution in [-0.2, 0) is 17.8 Å². The Hall–Kier alpha value is -1.55. The first-order valence-electron chi connectivity index (χ1n) is 7.78. The molecule has 0 bridgehead atoms. The number of hydrogen-bond acceptors (Lipinski definition) is 3. The first kappa shape index (κ1) is 14.4. The minimum absolute atomic E-state index is 0.0892. The third-order valence-corrected chi connectivity index (χ3v) is 4.09. The highest BCUT2D eigenvalue weighted by atomic mass is 16.5. The molecular weight excluding hydrogens is 264 g/mol. The normalized spacial score (nSPS) is 20.5. The number of nitrogens with one attached hydrogen (secondary N) is 2. The standard InChI is InChI=1S/C17H24N2O2/c1-11(16(20)19-14-7-8-14)18-10-13-6-4-5-12-9-17(2,3)21-15(12)13/h4-6,11,14,18H,7-10H2,1-3H3,(H,19,20). The van der Waals surface area contributed by atoms with Crippen molar-refractivity contribution in [1.82, 2.24) is 10.6 Å². The zero-order valence-corrected chi connectivity index (χ0v) is 13.0. The number of amides is 1. The molecule has 0 radical (unpaired) electrons. The number of para-hydroxylation sites is 1. The van der Waals surface area contributed by atoms with Crippen LogP contribution in [-0.4, -0.2) is 23.6 Å². The van der Waals surface area contributed by atoms with E-state index in [4.69, 9.17) is 4.74 Å². The number of hydrogen-bond donors (Lipinski definition) is 2. The molecule has 0 spiro atoms. The van der Waals surface area contributed by atoms with Gasteiger partial charge in [-0.2, -0.15) is 0 Å². The molecule has 1 aliphatic carbocycles. The summed E-state index contributed by atoms with van der Waals surface area (Å²) in [6.07, 6.45) is 3.18. The Morgan fingerprint density at radius 2 is 2.19 bits per heavy atom. The molecule has 1 amide bonds. The predicted molar refractivity (Wildman–Crippen MR) is 82.3 cm³/mol. The summed E-state index contributed by atoms with van der Waals surface area (Å²) >= 11 is 0. The van der Waals surface area contributed by atoms with E-state index >= 15 is 0 Å². The number of ether oxygens (including phenoxy) is 1. The van der Waals surface area contributed by atoms with Gasteiger partial charge < -0.3 is 15.4 Å². The third kappa shape index (κ3) is 3.38. The fraction of sp³-hybridized carbons (Fsp3) is 0.588. The molecule has 114 valence electrons. The molecule has 1 aliphatic heterocycles. The van der Waals surface area contributed by atoms with Crippen LogP contribution in [0.5, 0.6) is 5.75 Å². The van der Waals surface area contributed by atoms with E-state index in [1.807, 2.05) is 6.92 Å². The first-order chi connectivity index (χ1) is 9.94. The Morgan fingerprint density at radius 3 is 2.90 bits per heavy atom. The lowest BCUT2D eigenvalue weighted by atomic mass is 10.0. The third-order valence-electron chi connectivity index (χ3n) is 4.09. The zero-order valence-electron chi connectivity index (χ0n) is 13.0. The fourth-order valence-electron chi connectivity index (χ4n) is 2.73. The van der Waals surface area contributed by atoms with Crippen LogP contribution in [0, 0.1) is 0 Å². The van der Waals surface area contributed by atoms with Crippen LogP contribution in [0.3, 0.4) is 0 Å². The van der Waals surface area contributed by atoms with Crippen molar-refractivity contribution in [1.29, 1.82) is 0 Å². The van der Waals surface area contributed by atoms with E-state index in [1.165, 1.54) is 5.56 Å². The highest BCUT2D eigenvalue weighted by molar-refractivity contribution is 5.81. The maximum absolute atomic E-state index is 11.9. The first-order valence-corrected chi connectivity index (χ1v) is 7.78. The van der Waals surface area contributed by atoms with Gasteiger partial charge in [-0.15, -0.1) is 0 Å². The summed E-state index contributed by atoms with van der Waals surface area (Å²) in [6, 6.07) is 6.48. The number of rotatable bonds is 5. The minimum atomic E-state index is -0.184. The molecular formula is C17H24N2O2. The van der Waals surface area contributed by atoms with E-state index in [0.717, 1.165) is 30.6 Å². The van der Waals surface area contributed by atoms with E-state index in [-0.39, 0.29) is 17.6 Å². The van der Waals surface area contributed by atoms with Crippen LogP contribution >= 0.6 is 0 Å². The molecule has 1 atom stereocenters. The average Bonchev–Trinajstić information content (AvgIpc) is 3.16. The molecule has 1 fully saturated rings. The van der Waals surface area contributed by atoms with Gasteiger partial charge in [-0.1, -0.05) is 18.2 Å². The van der Waals surface area contributed by atoms with Gasteiger partial charge in [-0.3, -0.25) is 4.79 Å². The van der Waals surface area contributed by atoms with E-state index in [0.29, 0.717) is 12.6 Å². The maximum atomic E-state index is 11.9. The summed E-state index contributed by atoms with van der Waals surface area (Å²) in [5.41, 5.74) is 2.26. The van der Waals surface area contributed by atoms with E-state index in [1.54, 1.807) is 0 Å². The summed E-state index contributed by atoms with van der Waals surface area (Å²) in [5, 5.41) is 6.32. The molecule has 1 saturated carbocycles. The van der Waals surface area contributed by atoms with E-state index in [2.05, 4.69) is 42.7 Å². The zero-order chi connectivity index (χ0) is 15.0. The molecule has 2 N–H and O–H groups in total. The molecule has 1 unspecified atom stereocenters. The molecule has 0 aromatic heterocycles. The lowest BCUT2D eigenvalue weighted by Crippen LogP contribution is -2.42. The van der Waals surface area contributed by atoms with Crippen molar-refractivity contribution in [2.24, 2.45) is 0 Å².